The lowest BCUT2D eigenvalue weighted by Crippen LogP contribution is -2.39. The first kappa shape index (κ1) is 16.3. The SMILES string of the molecule is O=C(N[C@H]1CCN(c2ccc3ncc(CO)n3n2)C1)c1ccc[nH]c1=O. The molecule has 4 rings (SSSR count). The van der Waals surface area contributed by atoms with Crippen LogP contribution in [0, 0.1) is 0 Å². The number of aliphatic hydroxyl groups is 1. The van der Waals surface area contributed by atoms with Gasteiger partial charge in [-0.05, 0) is 30.7 Å². The minimum atomic E-state index is -0.399. The lowest BCUT2D eigenvalue weighted by molar-refractivity contribution is 0.0939. The molecule has 9 nitrogen and oxygen atoms in total. The number of fused-ring (bicyclic) bond motifs is 1. The fourth-order valence-electron chi connectivity index (χ4n) is 3.14. The molecule has 0 aliphatic carbocycles. The van der Waals surface area contributed by atoms with Crippen molar-refractivity contribution in [3.8, 4) is 0 Å². The average molecular weight is 354 g/mol. The van der Waals surface area contributed by atoms with E-state index in [-0.39, 0.29) is 24.1 Å². The second kappa shape index (κ2) is 6.60. The molecule has 1 atom stereocenters. The molecule has 1 fully saturated rings. The van der Waals surface area contributed by atoms with Crippen LogP contribution in [0.3, 0.4) is 0 Å². The van der Waals surface area contributed by atoms with Crippen LogP contribution in [0.25, 0.3) is 5.65 Å². The molecule has 4 heterocycles. The van der Waals surface area contributed by atoms with E-state index in [4.69, 9.17) is 0 Å². The highest BCUT2D eigenvalue weighted by atomic mass is 16.3. The Kier molecular flexibility index (Phi) is 4.13. The summed E-state index contributed by atoms with van der Waals surface area (Å²) >= 11 is 0. The van der Waals surface area contributed by atoms with Gasteiger partial charge >= 0.3 is 0 Å². The maximum Gasteiger partial charge on any atom is 0.260 e. The smallest absolute Gasteiger partial charge is 0.260 e. The van der Waals surface area contributed by atoms with Crippen LogP contribution in [0.4, 0.5) is 5.82 Å². The van der Waals surface area contributed by atoms with Crippen LogP contribution in [0.5, 0.6) is 0 Å². The van der Waals surface area contributed by atoms with Crippen molar-refractivity contribution in [2.24, 2.45) is 0 Å². The molecular weight excluding hydrogens is 336 g/mol. The lowest BCUT2D eigenvalue weighted by atomic mass is 10.2. The van der Waals surface area contributed by atoms with E-state index in [0.717, 1.165) is 18.8 Å². The molecule has 3 aromatic rings. The molecule has 0 saturated carbocycles. The van der Waals surface area contributed by atoms with Gasteiger partial charge in [0.1, 0.15) is 11.4 Å². The van der Waals surface area contributed by atoms with Gasteiger partial charge in [0.25, 0.3) is 11.5 Å². The zero-order chi connectivity index (χ0) is 18.1. The summed E-state index contributed by atoms with van der Waals surface area (Å²) in [6, 6.07) is 6.78. The second-order valence-corrected chi connectivity index (χ2v) is 6.19. The predicted octanol–water partition coefficient (Wildman–Crippen LogP) is -0.0814. The Morgan fingerprint density at radius 1 is 1.38 bits per heavy atom. The van der Waals surface area contributed by atoms with Gasteiger partial charge < -0.3 is 20.3 Å². The van der Waals surface area contributed by atoms with E-state index in [9.17, 15) is 14.7 Å². The molecule has 3 N–H and O–H groups in total. The highest BCUT2D eigenvalue weighted by Crippen LogP contribution is 2.19. The molecule has 1 aliphatic rings. The highest BCUT2D eigenvalue weighted by molar-refractivity contribution is 5.94. The number of pyridine rings is 1. The van der Waals surface area contributed by atoms with E-state index in [1.165, 1.54) is 12.3 Å². The first-order valence-electron chi connectivity index (χ1n) is 8.34. The molecule has 0 aromatic carbocycles. The molecule has 0 spiro atoms. The zero-order valence-corrected chi connectivity index (χ0v) is 13.9. The Hall–Kier alpha value is -3.20. The number of hydrogen-bond acceptors (Lipinski definition) is 6. The summed E-state index contributed by atoms with van der Waals surface area (Å²) in [7, 11) is 0. The molecule has 9 heteroatoms. The number of anilines is 1. The van der Waals surface area contributed by atoms with Crippen LogP contribution in [0.1, 0.15) is 22.5 Å². The number of nitrogens with zero attached hydrogens (tertiary/aromatic N) is 4. The van der Waals surface area contributed by atoms with Gasteiger partial charge in [0.2, 0.25) is 0 Å². The largest absolute Gasteiger partial charge is 0.390 e. The Labute approximate surface area is 148 Å². The van der Waals surface area contributed by atoms with Gasteiger partial charge in [-0.15, -0.1) is 5.10 Å². The number of carbonyl (C=O) groups is 1. The van der Waals surface area contributed by atoms with Gasteiger partial charge in [0.15, 0.2) is 5.65 Å². The Morgan fingerprint density at radius 2 is 2.27 bits per heavy atom. The predicted molar refractivity (Wildman–Crippen MR) is 94.1 cm³/mol. The summed E-state index contributed by atoms with van der Waals surface area (Å²) in [5.41, 5.74) is 1.000. The number of nitrogens with one attached hydrogen (secondary N) is 2. The number of aromatic amines is 1. The Morgan fingerprint density at radius 3 is 3.08 bits per heavy atom. The fourth-order valence-corrected chi connectivity index (χ4v) is 3.14. The third kappa shape index (κ3) is 2.93. The Bertz CT molecular complexity index is 1010. The third-order valence-electron chi connectivity index (χ3n) is 4.49. The molecule has 1 aliphatic heterocycles. The molecule has 3 aromatic heterocycles. The number of rotatable bonds is 4. The van der Waals surface area contributed by atoms with E-state index in [1.807, 2.05) is 12.1 Å². The first-order valence-corrected chi connectivity index (χ1v) is 8.34. The maximum absolute atomic E-state index is 12.3. The average Bonchev–Trinajstić information content (AvgIpc) is 3.28. The minimum Gasteiger partial charge on any atom is -0.390 e. The Balaban J connectivity index is 1.47. The van der Waals surface area contributed by atoms with E-state index < -0.39 is 5.56 Å². The topological polar surface area (TPSA) is 116 Å². The van der Waals surface area contributed by atoms with Crippen molar-refractivity contribution in [1.29, 1.82) is 0 Å². The minimum absolute atomic E-state index is 0.0697. The molecule has 26 heavy (non-hydrogen) atoms. The number of aliphatic hydroxyl groups excluding tert-OH is 1. The summed E-state index contributed by atoms with van der Waals surface area (Å²) < 4.78 is 1.62. The molecule has 134 valence electrons. The van der Waals surface area contributed by atoms with Crippen LogP contribution < -0.4 is 15.8 Å². The first-order chi connectivity index (χ1) is 12.7. The normalized spacial score (nSPS) is 17.0. The third-order valence-corrected chi connectivity index (χ3v) is 4.49. The van der Waals surface area contributed by atoms with Crippen molar-refractivity contribution < 1.29 is 9.90 Å². The van der Waals surface area contributed by atoms with E-state index in [2.05, 4.69) is 25.3 Å². The lowest BCUT2D eigenvalue weighted by Gasteiger charge is -2.18. The highest BCUT2D eigenvalue weighted by Gasteiger charge is 2.26. The molecule has 0 radical (unpaired) electrons. The maximum atomic E-state index is 12.3. The number of amides is 1. The molecular formula is C17H18N6O3. The molecule has 1 saturated heterocycles. The number of hydrogen-bond donors (Lipinski definition) is 3. The molecule has 0 bridgehead atoms. The standard InChI is InChI=1S/C17H18N6O3/c24-10-12-8-19-14-3-4-15(21-23(12)14)22-7-5-11(9-22)20-17(26)13-2-1-6-18-16(13)25/h1-4,6,8,11,24H,5,7,9-10H2,(H,18,25)(H,20,26)/t11-/m0/s1. The summed E-state index contributed by atoms with van der Waals surface area (Å²) in [5, 5.41) is 16.8. The van der Waals surface area contributed by atoms with Crippen molar-refractivity contribution in [3.63, 3.8) is 0 Å². The number of imidazole rings is 1. The van der Waals surface area contributed by atoms with Gasteiger partial charge in [-0.3, -0.25) is 9.59 Å². The molecule has 1 amide bonds. The fraction of sp³-hybridized carbons (Fsp3) is 0.294. The van der Waals surface area contributed by atoms with Gasteiger partial charge in [-0.2, -0.15) is 0 Å². The van der Waals surface area contributed by atoms with Gasteiger partial charge in [0.05, 0.1) is 18.5 Å². The summed E-state index contributed by atoms with van der Waals surface area (Å²) in [5.74, 6) is 0.374. The summed E-state index contributed by atoms with van der Waals surface area (Å²) in [4.78, 5) is 32.7. The monoisotopic (exact) mass is 354 g/mol. The van der Waals surface area contributed by atoms with Crippen LogP contribution in [0.2, 0.25) is 0 Å². The number of carbonyl (C=O) groups excluding carboxylic acids is 1. The van der Waals surface area contributed by atoms with Crippen LogP contribution in [0.15, 0.2) is 41.5 Å². The van der Waals surface area contributed by atoms with E-state index in [1.54, 1.807) is 16.8 Å². The number of aromatic nitrogens is 4. The van der Waals surface area contributed by atoms with Crippen molar-refractivity contribution in [1.82, 2.24) is 24.9 Å². The van der Waals surface area contributed by atoms with Crippen LogP contribution in [-0.4, -0.2) is 49.7 Å². The van der Waals surface area contributed by atoms with Crippen LogP contribution in [-0.2, 0) is 6.61 Å². The van der Waals surface area contributed by atoms with Crippen molar-refractivity contribution in [2.45, 2.75) is 19.1 Å². The molecule has 0 unspecified atom stereocenters. The van der Waals surface area contributed by atoms with Crippen molar-refractivity contribution >= 4 is 17.4 Å². The zero-order valence-electron chi connectivity index (χ0n) is 13.9. The summed E-state index contributed by atoms with van der Waals surface area (Å²) in [6.07, 6.45) is 3.85. The van der Waals surface area contributed by atoms with E-state index >= 15 is 0 Å². The van der Waals surface area contributed by atoms with Crippen LogP contribution >= 0.6 is 0 Å². The van der Waals surface area contributed by atoms with Gasteiger partial charge in [-0.1, -0.05) is 0 Å². The number of H-pyrrole nitrogens is 1. The summed E-state index contributed by atoms with van der Waals surface area (Å²) in [6.45, 7) is 1.19. The van der Waals surface area contributed by atoms with Gasteiger partial charge in [0, 0.05) is 25.3 Å². The quantitative estimate of drug-likeness (QED) is 0.603. The van der Waals surface area contributed by atoms with Crippen molar-refractivity contribution in [3.05, 3.63) is 58.3 Å². The van der Waals surface area contributed by atoms with Crippen molar-refractivity contribution in [2.75, 3.05) is 18.0 Å². The van der Waals surface area contributed by atoms with Gasteiger partial charge in [-0.25, -0.2) is 9.50 Å². The van der Waals surface area contributed by atoms with E-state index in [0.29, 0.717) is 17.9 Å². The second-order valence-electron chi connectivity index (χ2n) is 6.19.